The molecule has 110 valence electrons. The molecule has 0 atom stereocenters. The molecule has 0 saturated carbocycles. The summed E-state index contributed by atoms with van der Waals surface area (Å²) in [6.07, 6.45) is 2.09. The van der Waals surface area contributed by atoms with Crippen molar-refractivity contribution >= 4 is 11.7 Å². The maximum Gasteiger partial charge on any atom is 0.328 e. The Morgan fingerprint density at radius 1 is 1.09 bits per heavy atom. The lowest BCUT2D eigenvalue weighted by Crippen LogP contribution is -2.24. The van der Waals surface area contributed by atoms with Gasteiger partial charge in [0, 0.05) is 17.8 Å². The van der Waals surface area contributed by atoms with Gasteiger partial charge in [0.2, 0.25) is 5.82 Å². The van der Waals surface area contributed by atoms with Crippen molar-refractivity contribution in [2.75, 3.05) is 11.4 Å². The summed E-state index contributed by atoms with van der Waals surface area (Å²) in [5, 5.41) is 3.98. The van der Waals surface area contributed by atoms with E-state index < -0.39 is 0 Å². The number of rotatable bonds is 2. The Bertz CT molecular complexity index is 815. The number of hydrogen-bond donors (Lipinski definition) is 0. The topological polar surface area (TPSA) is 42.2 Å². The Hall–Kier alpha value is -2.69. The van der Waals surface area contributed by atoms with Crippen molar-refractivity contribution in [3.8, 4) is 11.4 Å². The highest BCUT2D eigenvalue weighted by Crippen LogP contribution is 2.33. The summed E-state index contributed by atoms with van der Waals surface area (Å²) in [5.74, 6) is 0.0877. The molecule has 3 aromatic rings. The molecule has 0 saturated heterocycles. The normalized spacial score (nSPS) is 14.0. The van der Waals surface area contributed by atoms with Gasteiger partial charge in [0.05, 0.1) is 0 Å². The lowest BCUT2D eigenvalue weighted by Gasteiger charge is -2.27. The highest BCUT2D eigenvalue weighted by atomic mass is 19.1. The van der Waals surface area contributed by atoms with Crippen LogP contribution in [0.15, 0.2) is 53.1 Å². The van der Waals surface area contributed by atoms with Crippen molar-refractivity contribution in [1.29, 1.82) is 0 Å². The summed E-state index contributed by atoms with van der Waals surface area (Å²) in [4.78, 5) is 6.45. The van der Waals surface area contributed by atoms with E-state index in [0.717, 1.165) is 25.1 Å². The minimum absolute atomic E-state index is 0.313. The van der Waals surface area contributed by atoms with E-state index in [2.05, 4.69) is 22.3 Å². The second-order valence-electron chi connectivity index (χ2n) is 5.29. The lowest BCUT2D eigenvalue weighted by atomic mass is 10.0. The number of aryl methyl sites for hydroxylation is 1. The first-order valence-electron chi connectivity index (χ1n) is 7.26. The molecule has 2 aromatic carbocycles. The molecule has 1 aliphatic heterocycles. The molecule has 0 radical (unpaired) electrons. The van der Waals surface area contributed by atoms with Crippen LogP contribution in [0.5, 0.6) is 0 Å². The van der Waals surface area contributed by atoms with Crippen LogP contribution in [0.4, 0.5) is 16.1 Å². The highest BCUT2D eigenvalue weighted by molar-refractivity contribution is 5.64. The van der Waals surface area contributed by atoms with Crippen molar-refractivity contribution < 1.29 is 8.91 Å². The summed E-state index contributed by atoms with van der Waals surface area (Å²) < 4.78 is 18.7. The average molecular weight is 295 g/mol. The molecule has 0 spiro atoms. The van der Waals surface area contributed by atoms with Gasteiger partial charge in [-0.1, -0.05) is 35.5 Å². The Balaban J connectivity index is 1.71. The number of benzene rings is 2. The van der Waals surface area contributed by atoms with Crippen LogP contribution in [0, 0.1) is 5.82 Å². The van der Waals surface area contributed by atoms with Gasteiger partial charge >= 0.3 is 6.01 Å². The minimum Gasteiger partial charge on any atom is -0.314 e. The van der Waals surface area contributed by atoms with Crippen molar-refractivity contribution in [1.82, 2.24) is 10.1 Å². The molecule has 22 heavy (non-hydrogen) atoms. The molecule has 0 aliphatic carbocycles. The number of para-hydroxylation sites is 1. The molecule has 0 amide bonds. The van der Waals surface area contributed by atoms with Gasteiger partial charge in [-0.15, -0.1) is 0 Å². The van der Waals surface area contributed by atoms with Crippen LogP contribution in [0.1, 0.15) is 12.0 Å². The molecule has 2 heterocycles. The third-order valence-electron chi connectivity index (χ3n) is 3.84. The monoisotopic (exact) mass is 295 g/mol. The molecule has 5 heteroatoms. The summed E-state index contributed by atoms with van der Waals surface area (Å²) in [5.41, 5.74) is 2.99. The van der Waals surface area contributed by atoms with E-state index >= 15 is 0 Å². The van der Waals surface area contributed by atoms with Crippen LogP contribution in [-0.4, -0.2) is 16.7 Å². The number of halogens is 1. The second-order valence-corrected chi connectivity index (χ2v) is 5.29. The zero-order valence-electron chi connectivity index (χ0n) is 11.9. The number of nitrogens with zero attached hydrogens (tertiary/aromatic N) is 3. The van der Waals surface area contributed by atoms with E-state index in [0.29, 0.717) is 17.4 Å². The fraction of sp³-hybridized carbons (Fsp3) is 0.176. The summed E-state index contributed by atoms with van der Waals surface area (Å²) in [6.45, 7) is 0.835. The highest BCUT2D eigenvalue weighted by Gasteiger charge is 2.22. The van der Waals surface area contributed by atoms with E-state index in [-0.39, 0.29) is 5.82 Å². The van der Waals surface area contributed by atoms with Crippen LogP contribution >= 0.6 is 0 Å². The standard InChI is InChI=1S/C17H14FN3O/c18-14-8-3-6-13(11-14)16-19-17(22-20-16)21-10-4-7-12-5-1-2-9-15(12)21/h1-3,5-6,8-9,11H,4,7,10H2. The molecular formula is C17H14FN3O. The molecule has 4 nitrogen and oxygen atoms in total. The summed E-state index contributed by atoms with van der Waals surface area (Å²) in [7, 11) is 0. The quantitative estimate of drug-likeness (QED) is 0.717. The van der Waals surface area contributed by atoms with Gasteiger partial charge in [-0.05, 0) is 36.6 Å². The van der Waals surface area contributed by atoms with E-state index in [1.165, 1.54) is 17.7 Å². The number of hydrogen-bond acceptors (Lipinski definition) is 4. The van der Waals surface area contributed by atoms with Gasteiger partial charge in [-0.3, -0.25) is 4.90 Å². The van der Waals surface area contributed by atoms with Gasteiger partial charge in [0.25, 0.3) is 0 Å². The largest absolute Gasteiger partial charge is 0.328 e. The molecule has 0 unspecified atom stereocenters. The number of anilines is 2. The first-order chi connectivity index (χ1) is 10.8. The van der Waals surface area contributed by atoms with Crippen LogP contribution < -0.4 is 4.90 Å². The van der Waals surface area contributed by atoms with Crippen molar-refractivity contribution in [2.45, 2.75) is 12.8 Å². The van der Waals surface area contributed by atoms with E-state index in [4.69, 9.17) is 4.52 Å². The summed E-state index contributed by atoms with van der Waals surface area (Å²) in [6, 6.07) is 14.9. The average Bonchev–Trinajstić information content (AvgIpc) is 3.04. The Labute approximate surface area is 127 Å². The molecule has 1 aliphatic rings. The fourth-order valence-electron chi connectivity index (χ4n) is 2.80. The van der Waals surface area contributed by atoms with Crippen molar-refractivity contribution in [2.24, 2.45) is 0 Å². The third-order valence-corrected chi connectivity index (χ3v) is 3.84. The molecular weight excluding hydrogens is 281 g/mol. The van der Waals surface area contributed by atoms with Crippen LogP contribution in [0.3, 0.4) is 0 Å². The number of aromatic nitrogens is 2. The van der Waals surface area contributed by atoms with Gasteiger partial charge in [0.1, 0.15) is 5.82 Å². The number of fused-ring (bicyclic) bond motifs is 1. The molecule has 0 bridgehead atoms. The Morgan fingerprint density at radius 2 is 2.00 bits per heavy atom. The van der Waals surface area contributed by atoms with Gasteiger partial charge in [0.15, 0.2) is 0 Å². The zero-order valence-corrected chi connectivity index (χ0v) is 11.9. The molecule has 0 fully saturated rings. The first-order valence-corrected chi connectivity index (χ1v) is 7.26. The summed E-state index contributed by atoms with van der Waals surface area (Å²) >= 11 is 0. The zero-order chi connectivity index (χ0) is 14.9. The van der Waals surface area contributed by atoms with Crippen molar-refractivity contribution in [3.63, 3.8) is 0 Å². The maximum absolute atomic E-state index is 13.3. The minimum atomic E-state index is -0.313. The molecule has 4 rings (SSSR count). The Morgan fingerprint density at radius 3 is 2.91 bits per heavy atom. The fourth-order valence-corrected chi connectivity index (χ4v) is 2.80. The van der Waals surface area contributed by atoms with Crippen LogP contribution in [0.2, 0.25) is 0 Å². The third kappa shape index (κ3) is 2.24. The van der Waals surface area contributed by atoms with Crippen molar-refractivity contribution in [3.05, 3.63) is 59.9 Å². The predicted octanol–water partition coefficient (Wildman–Crippen LogP) is 3.96. The van der Waals surface area contributed by atoms with Gasteiger partial charge in [-0.25, -0.2) is 4.39 Å². The Kier molecular flexibility index (Phi) is 3.11. The van der Waals surface area contributed by atoms with E-state index in [9.17, 15) is 4.39 Å². The van der Waals surface area contributed by atoms with Crippen LogP contribution in [0.25, 0.3) is 11.4 Å². The van der Waals surface area contributed by atoms with Crippen LogP contribution in [-0.2, 0) is 6.42 Å². The lowest BCUT2D eigenvalue weighted by molar-refractivity contribution is 0.420. The second kappa shape index (κ2) is 5.26. The SMILES string of the molecule is Fc1cccc(-c2noc(N3CCCc4ccccc43)n2)c1. The van der Waals surface area contributed by atoms with Gasteiger partial charge in [-0.2, -0.15) is 4.98 Å². The van der Waals surface area contributed by atoms with Gasteiger partial charge < -0.3 is 4.52 Å². The first kappa shape index (κ1) is 13.0. The van der Waals surface area contributed by atoms with E-state index in [1.54, 1.807) is 12.1 Å². The van der Waals surface area contributed by atoms with E-state index in [1.807, 2.05) is 17.0 Å². The maximum atomic E-state index is 13.3. The molecule has 1 aromatic heterocycles. The smallest absolute Gasteiger partial charge is 0.314 e. The predicted molar refractivity (Wildman–Crippen MR) is 81.5 cm³/mol. The molecule has 0 N–H and O–H groups in total.